The molecular weight excluding hydrogens is 294 g/mol. The normalized spacial score (nSPS) is 20.1. The van der Waals surface area contributed by atoms with Crippen LogP contribution in [-0.4, -0.2) is 18.0 Å². The molecule has 6 heteroatoms. The van der Waals surface area contributed by atoms with E-state index >= 15 is 0 Å². The van der Waals surface area contributed by atoms with Crippen molar-refractivity contribution in [3.8, 4) is 0 Å². The van der Waals surface area contributed by atoms with Gasteiger partial charge in [-0.25, -0.2) is 10.5 Å². The molecule has 23 heavy (non-hydrogen) atoms. The van der Waals surface area contributed by atoms with E-state index < -0.39 is 24.1 Å². The molecule has 0 saturated carbocycles. The lowest BCUT2D eigenvalue weighted by atomic mass is 10.1. The molecule has 0 aliphatic carbocycles. The van der Waals surface area contributed by atoms with Gasteiger partial charge in [0.2, 0.25) is 0 Å². The Labute approximate surface area is 133 Å². The first-order chi connectivity index (χ1) is 11.1. The van der Waals surface area contributed by atoms with Crippen molar-refractivity contribution in [1.29, 1.82) is 0 Å². The lowest BCUT2D eigenvalue weighted by Crippen LogP contribution is -2.43. The summed E-state index contributed by atoms with van der Waals surface area (Å²) in [7, 11) is 0. The average Bonchev–Trinajstić information content (AvgIpc) is 2.71. The third-order valence-electron chi connectivity index (χ3n) is 3.58. The fourth-order valence-electron chi connectivity index (χ4n) is 2.41. The van der Waals surface area contributed by atoms with Crippen molar-refractivity contribution in [3.05, 3.63) is 65.7 Å². The summed E-state index contributed by atoms with van der Waals surface area (Å²) in [5.41, 5.74) is 9.76. The minimum atomic E-state index is -1.24. The Kier molecular flexibility index (Phi) is 4.36. The zero-order chi connectivity index (χ0) is 16.2. The number of fused-ring (bicyclic) bond motifs is 1. The van der Waals surface area contributed by atoms with Crippen LogP contribution in [0.25, 0.3) is 0 Å². The minimum absolute atomic E-state index is 0.143. The highest BCUT2D eigenvalue weighted by molar-refractivity contribution is 5.97. The summed E-state index contributed by atoms with van der Waals surface area (Å²) >= 11 is 0. The quantitative estimate of drug-likeness (QED) is 0.843. The lowest BCUT2D eigenvalue weighted by molar-refractivity contribution is -0.148. The van der Waals surface area contributed by atoms with Crippen LogP contribution in [0.3, 0.4) is 0 Å². The Hall–Kier alpha value is -2.70. The molecule has 1 aliphatic rings. The summed E-state index contributed by atoms with van der Waals surface area (Å²) in [5, 5.41) is 5.33. The lowest BCUT2D eigenvalue weighted by Gasteiger charge is -2.18. The van der Waals surface area contributed by atoms with Gasteiger partial charge in [0.25, 0.3) is 5.91 Å². The van der Waals surface area contributed by atoms with Crippen LogP contribution in [0.4, 0.5) is 5.69 Å². The van der Waals surface area contributed by atoms with Gasteiger partial charge in [0, 0.05) is 11.3 Å². The van der Waals surface area contributed by atoms with Crippen molar-refractivity contribution in [2.75, 3.05) is 5.32 Å². The Morgan fingerprint density at radius 2 is 1.78 bits per heavy atom. The number of nitrogens with one attached hydrogen (secondary N) is 3. The van der Waals surface area contributed by atoms with Gasteiger partial charge in [-0.05, 0) is 11.6 Å². The van der Waals surface area contributed by atoms with Crippen molar-refractivity contribution in [1.82, 2.24) is 11.1 Å². The maximum Gasteiger partial charge on any atom is 0.328 e. The number of carbonyl (C=O) groups is 2. The molecule has 1 heterocycles. The number of carbonyl (C=O) groups excluding carboxylic acids is 2. The molecular formula is C17H16N3O3. The van der Waals surface area contributed by atoms with E-state index in [2.05, 4.69) is 10.6 Å². The summed E-state index contributed by atoms with van der Waals surface area (Å²) in [6.45, 7) is 0.143. The Morgan fingerprint density at radius 3 is 2.57 bits per heavy atom. The second-order valence-corrected chi connectivity index (χ2v) is 5.20. The van der Waals surface area contributed by atoms with E-state index in [0.717, 1.165) is 5.56 Å². The highest BCUT2D eigenvalue weighted by Crippen LogP contribution is 2.27. The van der Waals surface area contributed by atoms with Crippen LogP contribution in [0.2, 0.25) is 0 Å². The van der Waals surface area contributed by atoms with Crippen LogP contribution in [0.1, 0.15) is 17.2 Å². The van der Waals surface area contributed by atoms with Crippen LogP contribution in [0, 0.1) is 0 Å². The molecule has 0 saturated heterocycles. The van der Waals surface area contributed by atoms with Crippen LogP contribution in [0.15, 0.2) is 54.6 Å². The summed E-state index contributed by atoms with van der Waals surface area (Å²) in [5.74, 6) is -1.02. The number of rotatable bonds is 3. The van der Waals surface area contributed by atoms with E-state index in [-0.39, 0.29) is 6.61 Å². The second kappa shape index (κ2) is 6.60. The van der Waals surface area contributed by atoms with Gasteiger partial charge in [0.1, 0.15) is 12.6 Å². The monoisotopic (exact) mass is 310 g/mol. The SMILES string of the molecule is [NH]C1NC(C(=O)OCc2ccccc2)c2ccccc2NC1=O. The van der Waals surface area contributed by atoms with E-state index in [1.54, 1.807) is 24.3 Å². The van der Waals surface area contributed by atoms with Gasteiger partial charge < -0.3 is 10.1 Å². The standard InChI is InChI=1S/C17H16N3O3/c18-15-16(21)19-13-9-5-4-8-12(13)14(20-15)17(22)23-10-11-6-2-1-3-7-11/h1-9,14-15,18,20H,10H2,(H,19,21). The molecule has 3 N–H and O–H groups in total. The first kappa shape index (κ1) is 15.2. The topological polar surface area (TPSA) is 91.2 Å². The molecule has 0 spiro atoms. The molecule has 1 aliphatic heterocycles. The van der Waals surface area contributed by atoms with Crippen molar-refractivity contribution >= 4 is 17.6 Å². The van der Waals surface area contributed by atoms with Gasteiger partial charge >= 0.3 is 5.97 Å². The fourth-order valence-corrected chi connectivity index (χ4v) is 2.41. The molecule has 2 aromatic carbocycles. The molecule has 3 rings (SSSR count). The van der Waals surface area contributed by atoms with Crippen LogP contribution < -0.4 is 16.4 Å². The van der Waals surface area contributed by atoms with Gasteiger partial charge in [0.15, 0.2) is 6.17 Å². The molecule has 0 bridgehead atoms. The third-order valence-corrected chi connectivity index (χ3v) is 3.58. The Morgan fingerprint density at radius 1 is 1.09 bits per heavy atom. The van der Waals surface area contributed by atoms with Crippen LogP contribution >= 0.6 is 0 Å². The Balaban J connectivity index is 1.80. The zero-order valence-corrected chi connectivity index (χ0v) is 12.3. The van der Waals surface area contributed by atoms with Crippen LogP contribution in [0.5, 0.6) is 0 Å². The number of benzene rings is 2. The fraction of sp³-hybridized carbons (Fsp3) is 0.176. The van der Waals surface area contributed by atoms with Crippen molar-refractivity contribution in [2.24, 2.45) is 0 Å². The predicted octanol–water partition coefficient (Wildman–Crippen LogP) is 1.62. The summed E-state index contributed by atoms with van der Waals surface area (Å²) in [4.78, 5) is 24.2. The number of anilines is 1. The average molecular weight is 310 g/mol. The summed E-state index contributed by atoms with van der Waals surface area (Å²) in [6, 6.07) is 15.4. The van der Waals surface area contributed by atoms with Gasteiger partial charge in [0.05, 0.1) is 0 Å². The second-order valence-electron chi connectivity index (χ2n) is 5.20. The molecule has 0 fully saturated rings. The summed E-state index contributed by atoms with van der Waals surface area (Å²) in [6.07, 6.45) is -1.24. The third kappa shape index (κ3) is 3.39. The number of esters is 1. The highest BCUT2D eigenvalue weighted by Gasteiger charge is 2.32. The van der Waals surface area contributed by atoms with Crippen molar-refractivity contribution in [3.63, 3.8) is 0 Å². The molecule has 0 aromatic heterocycles. The number of para-hydroxylation sites is 1. The molecule has 6 nitrogen and oxygen atoms in total. The van der Waals surface area contributed by atoms with Gasteiger partial charge in [-0.2, -0.15) is 0 Å². The molecule has 2 aromatic rings. The van der Waals surface area contributed by atoms with Crippen molar-refractivity contribution in [2.45, 2.75) is 18.8 Å². The maximum absolute atomic E-state index is 12.4. The molecule has 2 unspecified atom stereocenters. The van der Waals surface area contributed by atoms with Gasteiger partial charge in [-0.15, -0.1) is 0 Å². The first-order valence-electron chi connectivity index (χ1n) is 7.22. The number of ether oxygens (including phenoxy) is 1. The zero-order valence-electron chi connectivity index (χ0n) is 12.3. The van der Waals surface area contributed by atoms with E-state index in [4.69, 9.17) is 10.5 Å². The van der Waals surface area contributed by atoms with Crippen molar-refractivity contribution < 1.29 is 14.3 Å². The molecule has 1 amide bonds. The number of amides is 1. The minimum Gasteiger partial charge on any atom is -0.459 e. The van der Waals surface area contributed by atoms with E-state index in [1.807, 2.05) is 30.3 Å². The van der Waals surface area contributed by atoms with E-state index in [1.165, 1.54) is 0 Å². The highest BCUT2D eigenvalue weighted by atomic mass is 16.5. The Bertz CT molecular complexity index is 718. The van der Waals surface area contributed by atoms with Gasteiger partial charge in [-0.3, -0.25) is 10.1 Å². The molecule has 1 radical (unpaired) electrons. The molecule has 117 valence electrons. The van der Waals surface area contributed by atoms with Gasteiger partial charge in [-0.1, -0.05) is 48.5 Å². The largest absolute Gasteiger partial charge is 0.459 e. The summed E-state index contributed by atoms with van der Waals surface area (Å²) < 4.78 is 5.34. The van der Waals surface area contributed by atoms with E-state index in [0.29, 0.717) is 11.3 Å². The maximum atomic E-state index is 12.4. The first-order valence-corrected chi connectivity index (χ1v) is 7.22. The smallest absolute Gasteiger partial charge is 0.328 e. The predicted molar refractivity (Wildman–Crippen MR) is 84.1 cm³/mol. The number of hydrogen-bond acceptors (Lipinski definition) is 4. The van der Waals surface area contributed by atoms with Crippen LogP contribution in [-0.2, 0) is 20.9 Å². The number of hydrogen-bond donors (Lipinski definition) is 2. The molecule has 2 atom stereocenters. The van der Waals surface area contributed by atoms with E-state index in [9.17, 15) is 9.59 Å².